The number of rotatable bonds is 2. The lowest BCUT2D eigenvalue weighted by Crippen LogP contribution is -1.99. The van der Waals surface area contributed by atoms with Gasteiger partial charge in [0.25, 0.3) is 0 Å². The van der Waals surface area contributed by atoms with E-state index in [1.165, 1.54) is 6.08 Å². The highest BCUT2D eigenvalue weighted by Gasteiger charge is 2.17. The Hall–Kier alpha value is -0.0800. The molecule has 0 aliphatic rings. The zero-order chi connectivity index (χ0) is 10.6. The van der Waals surface area contributed by atoms with Crippen molar-refractivity contribution < 1.29 is 4.74 Å². The predicted octanol–water partition coefficient (Wildman–Crippen LogP) is 4.52. The van der Waals surface area contributed by atoms with Gasteiger partial charge in [0.1, 0.15) is 5.75 Å². The van der Waals surface area contributed by atoms with E-state index in [1.807, 2.05) is 18.2 Å². The number of benzene rings is 1. The van der Waals surface area contributed by atoms with E-state index in [0.717, 1.165) is 0 Å². The van der Waals surface area contributed by atoms with Gasteiger partial charge in [0, 0.05) is 6.08 Å². The van der Waals surface area contributed by atoms with Gasteiger partial charge in [0.05, 0.1) is 0 Å². The zero-order valence-electron chi connectivity index (χ0n) is 6.88. The van der Waals surface area contributed by atoms with Gasteiger partial charge in [-0.1, -0.05) is 53.0 Å². The van der Waals surface area contributed by atoms with E-state index in [0.29, 0.717) is 5.75 Å². The van der Waals surface area contributed by atoms with Crippen LogP contribution in [0.5, 0.6) is 5.75 Å². The monoisotopic (exact) mass is 270 g/mol. The van der Waals surface area contributed by atoms with E-state index in [2.05, 4.69) is 0 Å². The normalized spacial score (nSPS) is 12.7. The molecular formula is C9H6Cl4O. The minimum absolute atomic E-state index is 0.0243. The maximum absolute atomic E-state index is 5.69. The molecule has 1 aromatic rings. The summed E-state index contributed by atoms with van der Waals surface area (Å²) in [4.78, 5) is 0. The van der Waals surface area contributed by atoms with Crippen LogP contribution in [0, 0.1) is 0 Å². The summed E-state index contributed by atoms with van der Waals surface area (Å²) >= 11 is 22.1. The first kappa shape index (κ1) is 12.0. The van der Waals surface area contributed by atoms with E-state index in [4.69, 9.17) is 51.1 Å². The van der Waals surface area contributed by atoms with Crippen LogP contribution in [0.25, 0.3) is 0 Å². The standard InChI is InChI=1S/C9H6Cl4O/c10-8(6-9(11,12)13)14-7-4-2-1-3-5-7/h1-6H/b8-6-. The second kappa shape index (κ2) is 5.13. The van der Waals surface area contributed by atoms with Crippen LogP contribution in [0.15, 0.2) is 41.6 Å². The molecule has 0 heterocycles. The molecule has 1 rings (SSSR count). The second-order valence-electron chi connectivity index (χ2n) is 2.41. The molecule has 0 radical (unpaired) electrons. The van der Waals surface area contributed by atoms with Gasteiger partial charge < -0.3 is 4.74 Å². The van der Waals surface area contributed by atoms with Gasteiger partial charge in [-0.3, -0.25) is 0 Å². The minimum Gasteiger partial charge on any atom is -0.446 e. The number of hydrogen-bond donors (Lipinski definition) is 0. The average Bonchev–Trinajstić information content (AvgIpc) is 2.02. The van der Waals surface area contributed by atoms with Crippen LogP contribution in [0.4, 0.5) is 0 Å². The van der Waals surface area contributed by atoms with E-state index in [-0.39, 0.29) is 5.22 Å². The molecule has 0 unspecified atom stereocenters. The van der Waals surface area contributed by atoms with Crippen molar-refractivity contribution >= 4 is 46.4 Å². The Morgan fingerprint density at radius 3 is 2.21 bits per heavy atom. The molecule has 0 fully saturated rings. The number of alkyl halides is 3. The van der Waals surface area contributed by atoms with Gasteiger partial charge in [0.2, 0.25) is 3.79 Å². The van der Waals surface area contributed by atoms with Crippen molar-refractivity contribution in [1.29, 1.82) is 0 Å². The molecule has 0 aliphatic heterocycles. The summed E-state index contributed by atoms with van der Waals surface area (Å²) in [7, 11) is 0. The second-order valence-corrected chi connectivity index (χ2v) is 5.15. The maximum Gasteiger partial charge on any atom is 0.213 e. The Balaban J connectivity index is 2.67. The molecule has 0 atom stereocenters. The van der Waals surface area contributed by atoms with Gasteiger partial charge >= 0.3 is 0 Å². The number of para-hydroxylation sites is 1. The molecule has 0 saturated heterocycles. The van der Waals surface area contributed by atoms with E-state index < -0.39 is 3.79 Å². The van der Waals surface area contributed by atoms with Crippen molar-refractivity contribution in [1.82, 2.24) is 0 Å². The molecule has 76 valence electrons. The van der Waals surface area contributed by atoms with E-state index in [9.17, 15) is 0 Å². The summed E-state index contributed by atoms with van der Waals surface area (Å²) in [6, 6.07) is 8.98. The van der Waals surface area contributed by atoms with Gasteiger partial charge in [0.15, 0.2) is 5.22 Å². The van der Waals surface area contributed by atoms with Gasteiger partial charge in [-0.25, -0.2) is 0 Å². The molecule has 0 spiro atoms. The summed E-state index contributed by atoms with van der Waals surface area (Å²) in [6.07, 6.45) is 1.19. The van der Waals surface area contributed by atoms with Crippen molar-refractivity contribution in [2.75, 3.05) is 0 Å². The Kier molecular flexibility index (Phi) is 4.39. The van der Waals surface area contributed by atoms with Crippen molar-refractivity contribution in [2.24, 2.45) is 0 Å². The molecule has 1 aromatic carbocycles. The van der Waals surface area contributed by atoms with Crippen molar-refractivity contribution in [3.63, 3.8) is 0 Å². The molecule has 0 aromatic heterocycles. The first-order valence-electron chi connectivity index (χ1n) is 3.65. The predicted molar refractivity (Wildman–Crippen MR) is 61.3 cm³/mol. The van der Waals surface area contributed by atoms with Crippen LogP contribution in [-0.2, 0) is 0 Å². The number of ether oxygens (including phenoxy) is 1. The highest BCUT2D eigenvalue weighted by Crippen LogP contribution is 2.30. The van der Waals surface area contributed by atoms with Crippen LogP contribution in [0.3, 0.4) is 0 Å². The quantitative estimate of drug-likeness (QED) is 0.568. The number of halogens is 4. The Morgan fingerprint density at radius 1 is 1.14 bits per heavy atom. The summed E-state index contributed by atoms with van der Waals surface area (Å²) in [6.45, 7) is 0. The molecule has 1 nitrogen and oxygen atoms in total. The lowest BCUT2D eigenvalue weighted by molar-refractivity contribution is 0.461. The average molecular weight is 272 g/mol. The van der Waals surface area contributed by atoms with Crippen LogP contribution in [0.2, 0.25) is 0 Å². The van der Waals surface area contributed by atoms with Crippen LogP contribution in [-0.4, -0.2) is 3.79 Å². The third kappa shape index (κ3) is 4.97. The largest absolute Gasteiger partial charge is 0.446 e. The van der Waals surface area contributed by atoms with E-state index in [1.54, 1.807) is 12.1 Å². The van der Waals surface area contributed by atoms with Crippen LogP contribution in [0.1, 0.15) is 0 Å². The molecule has 0 saturated carbocycles. The first-order chi connectivity index (χ1) is 6.47. The molecule has 14 heavy (non-hydrogen) atoms. The number of hydrogen-bond acceptors (Lipinski definition) is 1. The van der Waals surface area contributed by atoms with Crippen molar-refractivity contribution in [3.8, 4) is 5.75 Å². The third-order valence-corrected chi connectivity index (χ3v) is 1.75. The molecule has 0 N–H and O–H groups in total. The summed E-state index contributed by atoms with van der Waals surface area (Å²) in [5.41, 5.74) is 0. The minimum atomic E-state index is -1.55. The Bertz CT molecular complexity index is 315. The van der Waals surface area contributed by atoms with Crippen LogP contribution >= 0.6 is 46.4 Å². The summed E-state index contributed by atoms with van der Waals surface area (Å²) in [5.74, 6) is 0.586. The molecule has 0 aliphatic carbocycles. The fourth-order valence-corrected chi connectivity index (χ4v) is 1.48. The summed E-state index contributed by atoms with van der Waals surface area (Å²) in [5, 5.41) is 0.0243. The fourth-order valence-electron chi connectivity index (χ4n) is 0.759. The molecular weight excluding hydrogens is 266 g/mol. The smallest absolute Gasteiger partial charge is 0.213 e. The molecule has 5 heteroatoms. The highest BCUT2D eigenvalue weighted by atomic mass is 35.6. The third-order valence-electron chi connectivity index (χ3n) is 1.24. The molecule has 0 amide bonds. The topological polar surface area (TPSA) is 9.23 Å². The van der Waals surface area contributed by atoms with E-state index >= 15 is 0 Å². The Labute approximate surface area is 102 Å². The lowest BCUT2D eigenvalue weighted by Gasteiger charge is -2.07. The van der Waals surface area contributed by atoms with Crippen molar-refractivity contribution in [3.05, 3.63) is 41.6 Å². The SMILES string of the molecule is Cl/C(=C/C(Cl)(Cl)Cl)Oc1ccccc1. The van der Waals surface area contributed by atoms with Crippen LogP contribution < -0.4 is 4.74 Å². The summed E-state index contributed by atoms with van der Waals surface area (Å²) < 4.78 is 3.61. The Morgan fingerprint density at radius 2 is 1.71 bits per heavy atom. The molecule has 0 bridgehead atoms. The highest BCUT2D eigenvalue weighted by molar-refractivity contribution is 6.69. The van der Waals surface area contributed by atoms with Crippen molar-refractivity contribution in [2.45, 2.75) is 3.79 Å². The number of allylic oxidation sites excluding steroid dienone is 1. The van der Waals surface area contributed by atoms with Gasteiger partial charge in [-0.05, 0) is 23.7 Å². The maximum atomic E-state index is 5.69. The zero-order valence-corrected chi connectivity index (χ0v) is 9.91. The van der Waals surface area contributed by atoms with Gasteiger partial charge in [-0.15, -0.1) is 0 Å². The fraction of sp³-hybridized carbons (Fsp3) is 0.111. The van der Waals surface area contributed by atoms with Gasteiger partial charge in [-0.2, -0.15) is 0 Å². The first-order valence-corrected chi connectivity index (χ1v) is 5.16. The lowest BCUT2D eigenvalue weighted by atomic mass is 10.3.